The van der Waals surface area contributed by atoms with Crippen molar-refractivity contribution in [2.24, 2.45) is 0 Å². The molecule has 4 N–H and O–H groups in total. The molecule has 0 amide bonds. The molecule has 2 unspecified atom stereocenters. The third-order valence-corrected chi connectivity index (χ3v) is 2.87. The number of carbonyl (C=O) groups excluding carboxylic acids is 2. The van der Waals surface area contributed by atoms with Crippen LogP contribution >= 0.6 is 0 Å². The Bertz CT molecular complexity index is 516. The minimum atomic E-state index is -1.33. The van der Waals surface area contributed by atoms with Crippen LogP contribution in [0.15, 0.2) is 18.2 Å². The molecule has 0 saturated carbocycles. The van der Waals surface area contributed by atoms with Gasteiger partial charge in [-0.15, -0.1) is 0 Å². The predicted octanol–water partition coefficient (Wildman–Crippen LogP) is 0.403. The maximum Gasteiger partial charge on any atom is 0.339 e. The molecule has 1 rings (SSSR count). The van der Waals surface area contributed by atoms with Crippen LogP contribution in [0, 0.1) is 0 Å². The zero-order chi connectivity index (χ0) is 16.0. The van der Waals surface area contributed by atoms with Crippen LogP contribution in [0.2, 0.25) is 0 Å². The molecule has 7 nitrogen and oxygen atoms in total. The molecule has 0 aliphatic carbocycles. The van der Waals surface area contributed by atoms with Gasteiger partial charge in [-0.3, -0.25) is 4.79 Å². The second kappa shape index (κ2) is 7.61. The number of anilines is 1. The maximum atomic E-state index is 11.4. The average molecular weight is 297 g/mol. The van der Waals surface area contributed by atoms with Crippen molar-refractivity contribution in [1.82, 2.24) is 0 Å². The lowest BCUT2D eigenvalue weighted by atomic mass is 9.99. The van der Waals surface area contributed by atoms with Crippen molar-refractivity contribution in [2.75, 3.05) is 19.5 Å². The van der Waals surface area contributed by atoms with Gasteiger partial charge in [0.25, 0.3) is 0 Å². The van der Waals surface area contributed by atoms with Gasteiger partial charge >= 0.3 is 11.9 Å². The zero-order valence-corrected chi connectivity index (χ0v) is 11.9. The fourth-order valence-electron chi connectivity index (χ4n) is 1.79. The van der Waals surface area contributed by atoms with E-state index in [0.717, 1.165) is 0 Å². The molecule has 0 bridgehead atoms. The summed E-state index contributed by atoms with van der Waals surface area (Å²) in [6.07, 6.45) is -2.98. The molecule has 1 aromatic rings. The van der Waals surface area contributed by atoms with Gasteiger partial charge in [0.15, 0.2) is 0 Å². The van der Waals surface area contributed by atoms with E-state index in [9.17, 15) is 19.8 Å². The third kappa shape index (κ3) is 4.44. The van der Waals surface area contributed by atoms with Crippen LogP contribution in [0.5, 0.6) is 0 Å². The lowest BCUT2D eigenvalue weighted by Gasteiger charge is -2.18. The van der Waals surface area contributed by atoms with Gasteiger partial charge in [0.1, 0.15) is 6.10 Å². The number of benzene rings is 1. The maximum absolute atomic E-state index is 11.4. The predicted molar refractivity (Wildman–Crippen MR) is 74.4 cm³/mol. The second-order valence-electron chi connectivity index (χ2n) is 4.36. The quantitative estimate of drug-likeness (QED) is 0.513. The molecule has 0 fully saturated rings. The first kappa shape index (κ1) is 16.9. The Morgan fingerprint density at radius 3 is 2.52 bits per heavy atom. The second-order valence-corrected chi connectivity index (χ2v) is 4.36. The molecule has 0 saturated heterocycles. The van der Waals surface area contributed by atoms with Crippen molar-refractivity contribution in [3.63, 3.8) is 0 Å². The molecule has 1 aromatic carbocycles. The number of nitrogen functional groups attached to an aromatic ring is 1. The van der Waals surface area contributed by atoms with Gasteiger partial charge in [-0.2, -0.15) is 0 Å². The first-order valence-electron chi connectivity index (χ1n) is 6.40. The van der Waals surface area contributed by atoms with Gasteiger partial charge in [0, 0.05) is 5.69 Å². The average Bonchev–Trinajstić information content (AvgIpc) is 2.45. The van der Waals surface area contributed by atoms with Gasteiger partial charge in [-0.25, -0.2) is 4.79 Å². The van der Waals surface area contributed by atoms with Crippen molar-refractivity contribution >= 4 is 17.6 Å². The summed E-state index contributed by atoms with van der Waals surface area (Å²) in [4.78, 5) is 22.7. The Labute approximate surface area is 122 Å². The van der Waals surface area contributed by atoms with Crippen molar-refractivity contribution in [3.8, 4) is 0 Å². The molecule has 0 spiro atoms. The summed E-state index contributed by atoms with van der Waals surface area (Å²) in [5.41, 5.74) is 6.26. The topological polar surface area (TPSA) is 119 Å². The van der Waals surface area contributed by atoms with E-state index in [1.165, 1.54) is 25.3 Å². The lowest BCUT2D eigenvalue weighted by Crippen LogP contribution is -2.23. The van der Waals surface area contributed by atoms with Crippen LogP contribution in [-0.2, 0) is 14.3 Å². The molecule has 21 heavy (non-hydrogen) atoms. The Kier molecular flexibility index (Phi) is 6.13. The van der Waals surface area contributed by atoms with Crippen molar-refractivity contribution in [2.45, 2.75) is 25.6 Å². The lowest BCUT2D eigenvalue weighted by molar-refractivity contribution is -0.147. The molecule has 7 heteroatoms. The largest absolute Gasteiger partial charge is 0.466 e. The number of hydrogen-bond acceptors (Lipinski definition) is 7. The summed E-state index contributed by atoms with van der Waals surface area (Å²) < 4.78 is 9.24. The fourth-order valence-corrected chi connectivity index (χ4v) is 1.79. The normalized spacial score (nSPS) is 13.3. The Morgan fingerprint density at radius 2 is 2.00 bits per heavy atom. The summed E-state index contributed by atoms with van der Waals surface area (Å²) in [5.74, 6) is -1.20. The van der Waals surface area contributed by atoms with Crippen LogP contribution in [0.1, 0.15) is 35.4 Å². The first-order valence-corrected chi connectivity index (χ1v) is 6.40. The summed E-state index contributed by atoms with van der Waals surface area (Å²) in [6.45, 7) is 1.84. The molecule has 0 heterocycles. The molecule has 2 atom stereocenters. The SMILES string of the molecule is CCOC(=O)CC(O)C(O)c1ccc(C(=O)OC)c(N)c1. The Hall–Kier alpha value is -2.12. The molecule has 116 valence electrons. The number of carbonyl (C=O) groups is 2. The van der Waals surface area contributed by atoms with Crippen LogP contribution in [0.4, 0.5) is 5.69 Å². The summed E-state index contributed by atoms with van der Waals surface area (Å²) in [6, 6.07) is 4.17. The Morgan fingerprint density at radius 1 is 1.33 bits per heavy atom. The highest BCUT2D eigenvalue weighted by atomic mass is 16.5. The van der Waals surface area contributed by atoms with Gasteiger partial charge in [0.05, 0.1) is 31.8 Å². The van der Waals surface area contributed by atoms with Crippen molar-refractivity contribution in [3.05, 3.63) is 29.3 Å². The summed E-state index contributed by atoms with van der Waals surface area (Å²) >= 11 is 0. The number of aliphatic hydroxyl groups is 2. The Balaban J connectivity index is 2.83. The van der Waals surface area contributed by atoms with Gasteiger partial charge < -0.3 is 25.4 Å². The summed E-state index contributed by atoms with van der Waals surface area (Å²) in [5, 5.41) is 19.8. The summed E-state index contributed by atoms with van der Waals surface area (Å²) in [7, 11) is 1.23. The van der Waals surface area contributed by atoms with Crippen LogP contribution in [0.3, 0.4) is 0 Å². The number of esters is 2. The van der Waals surface area contributed by atoms with Gasteiger partial charge in [0.2, 0.25) is 0 Å². The monoisotopic (exact) mass is 297 g/mol. The van der Waals surface area contributed by atoms with Gasteiger partial charge in [-0.1, -0.05) is 6.07 Å². The highest BCUT2D eigenvalue weighted by Crippen LogP contribution is 2.24. The number of methoxy groups -OCH3 is 1. The molecule has 0 aliphatic heterocycles. The minimum Gasteiger partial charge on any atom is -0.466 e. The highest BCUT2D eigenvalue weighted by molar-refractivity contribution is 5.95. The highest BCUT2D eigenvalue weighted by Gasteiger charge is 2.23. The molecular weight excluding hydrogens is 278 g/mol. The standard InChI is InChI=1S/C14H19NO6/c1-3-21-12(17)7-11(16)13(18)8-4-5-9(10(15)6-8)14(19)20-2/h4-6,11,13,16,18H,3,7,15H2,1-2H3. The van der Waals surface area contributed by atoms with Gasteiger partial charge in [-0.05, 0) is 24.6 Å². The van der Waals surface area contributed by atoms with Crippen molar-refractivity contribution < 1.29 is 29.3 Å². The van der Waals surface area contributed by atoms with E-state index < -0.39 is 24.1 Å². The van der Waals surface area contributed by atoms with E-state index in [0.29, 0.717) is 0 Å². The van der Waals surface area contributed by atoms with E-state index in [2.05, 4.69) is 4.74 Å². The number of hydrogen-bond donors (Lipinski definition) is 3. The number of rotatable bonds is 6. The first-order chi connectivity index (χ1) is 9.90. The van der Waals surface area contributed by atoms with E-state index in [1.54, 1.807) is 6.92 Å². The smallest absolute Gasteiger partial charge is 0.339 e. The van der Waals surface area contributed by atoms with E-state index in [1.807, 2.05) is 0 Å². The molecular formula is C14H19NO6. The number of ether oxygens (including phenoxy) is 2. The molecule has 0 radical (unpaired) electrons. The molecule has 0 aliphatic rings. The van der Waals surface area contributed by atoms with E-state index in [4.69, 9.17) is 10.5 Å². The minimum absolute atomic E-state index is 0.113. The zero-order valence-electron chi connectivity index (χ0n) is 11.9. The number of aliphatic hydroxyl groups excluding tert-OH is 2. The van der Waals surface area contributed by atoms with E-state index in [-0.39, 0.29) is 29.8 Å². The van der Waals surface area contributed by atoms with E-state index >= 15 is 0 Å². The molecule has 0 aromatic heterocycles. The van der Waals surface area contributed by atoms with Crippen molar-refractivity contribution in [1.29, 1.82) is 0 Å². The third-order valence-electron chi connectivity index (χ3n) is 2.87. The van der Waals surface area contributed by atoms with Crippen LogP contribution in [-0.4, -0.2) is 42.0 Å². The fraction of sp³-hybridized carbons (Fsp3) is 0.429. The van der Waals surface area contributed by atoms with Crippen LogP contribution in [0.25, 0.3) is 0 Å². The van der Waals surface area contributed by atoms with Crippen LogP contribution < -0.4 is 5.73 Å². The number of nitrogens with two attached hydrogens (primary N) is 1.